The summed E-state index contributed by atoms with van der Waals surface area (Å²) in [6.45, 7) is 8.50. The molecule has 0 spiro atoms. The van der Waals surface area contributed by atoms with E-state index in [0.29, 0.717) is 30.6 Å². The molecule has 2 aliphatic heterocycles. The first kappa shape index (κ1) is 16.9. The minimum Gasteiger partial charge on any atom is -0.341 e. The van der Waals surface area contributed by atoms with Gasteiger partial charge in [0.15, 0.2) is 0 Å². The predicted octanol–water partition coefficient (Wildman–Crippen LogP) is 0.477. The van der Waals surface area contributed by atoms with Gasteiger partial charge in [-0.2, -0.15) is 0 Å². The standard InChI is InChI=1S/C16H26N6O2/c1-11(2)8-21-14-6-7-20(9-13(14)4-5-15(21)23)16(24)10-22-12(3)17-18-19-22/h11,13-14H,4-10H2,1-3H3/t13-,14+/m0/s1. The van der Waals surface area contributed by atoms with Crippen molar-refractivity contribution in [1.82, 2.24) is 30.0 Å². The maximum atomic E-state index is 12.5. The fourth-order valence-corrected chi connectivity index (χ4v) is 3.83. The van der Waals surface area contributed by atoms with Crippen LogP contribution in [-0.2, 0) is 16.1 Å². The van der Waals surface area contributed by atoms with E-state index in [2.05, 4.69) is 34.3 Å². The quantitative estimate of drug-likeness (QED) is 0.799. The summed E-state index contributed by atoms with van der Waals surface area (Å²) < 4.78 is 1.53. The van der Waals surface area contributed by atoms with Gasteiger partial charge in [0.05, 0.1) is 0 Å². The van der Waals surface area contributed by atoms with Crippen molar-refractivity contribution in [2.75, 3.05) is 19.6 Å². The summed E-state index contributed by atoms with van der Waals surface area (Å²) in [5.41, 5.74) is 0. The maximum absolute atomic E-state index is 12.5. The topological polar surface area (TPSA) is 84.2 Å². The molecule has 0 N–H and O–H groups in total. The third kappa shape index (κ3) is 3.42. The molecule has 2 aliphatic rings. The van der Waals surface area contributed by atoms with Gasteiger partial charge in [0.25, 0.3) is 0 Å². The molecule has 132 valence electrons. The molecule has 2 fully saturated rings. The van der Waals surface area contributed by atoms with Crippen molar-refractivity contribution >= 4 is 11.8 Å². The van der Waals surface area contributed by atoms with Gasteiger partial charge in [-0.05, 0) is 42.0 Å². The van der Waals surface area contributed by atoms with Gasteiger partial charge in [0, 0.05) is 32.1 Å². The zero-order chi connectivity index (χ0) is 17.3. The third-order valence-corrected chi connectivity index (χ3v) is 5.05. The Balaban J connectivity index is 1.63. The van der Waals surface area contributed by atoms with E-state index in [9.17, 15) is 9.59 Å². The number of piperidine rings is 2. The highest BCUT2D eigenvalue weighted by Crippen LogP contribution is 2.31. The molecule has 3 heterocycles. The van der Waals surface area contributed by atoms with Gasteiger partial charge < -0.3 is 9.80 Å². The van der Waals surface area contributed by atoms with Crippen LogP contribution in [0, 0.1) is 18.8 Å². The van der Waals surface area contributed by atoms with Crippen LogP contribution >= 0.6 is 0 Å². The lowest BCUT2D eigenvalue weighted by Gasteiger charge is -2.47. The zero-order valence-electron chi connectivity index (χ0n) is 14.7. The number of aromatic nitrogens is 4. The highest BCUT2D eigenvalue weighted by Gasteiger charge is 2.40. The minimum absolute atomic E-state index is 0.0520. The van der Waals surface area contributed by atoms with E-state index in [4.69, 9.17) is 0 Å². The smallest absolute Gasteiger partial charge is 0.244 e. The first-order chi connectivity index (χ1) is 11.5. The van der Waals surface area contributed by atoms with Gasteiger partial charge in [-0.15, -0.1) is 5.10 Å². The Hall–Kier alpha value is -1.99. The number of tetrazole rings is 1. The third-order valence-electron chi connectivity index (χ3n) is 5.05. The Morgan fingerprint density at radius 3 is 2.79 bits per heavy atom. The lowest BCUT2D eigenvalue weighted by Crippen LogP contribution is -2.57. The lowest BCUT2D eigenvalue weighted by atomic mass is 9.83. The fourth-order valence-electron chi connectivity index (χ4n) is 3.83. The van der Waals surface area contributed by atoms with Crippen molar-refractivity contribution in [3.05, 3.63) is 5.82 Å². The Morgan fingerprint density at radius 2 is 2.12 bits per heavy atom. The Morgan fingerprint density at radius 1 is 1.33 bits per heavy atom. The highest BCUT2D eigenvalue weighted by molar-refractivity contribution is 5.78. The molecule has 0 bridgehead atoms. The molecule has 1 aromatic heterocycles. The first-order valence-corrected chi connectivity index (χ1v) is 8.75. The fraction of sp³-hybridized carbons (Fsp3) is 0.812. The minimum atomic E-state index is 0.0520. The molecule has 0 radical (unpaired) electrons. The van der Waals surface area contributed by atoms with Crippen LogP contribution in [0.5, 0.6) is 0 Å². The number of likely N-dealkylation sites (tertiary alicyclic amines) is 2. The summed E-state index contributed by atoms with van der Waals surface area (Å²) in [4.78, 5) is 28.8. The molecule has 2 atom stereocenters. The number of fused-ring (bicyclic) bond motifs is 1. The molecule has 3 rings (SSSR count). The molecule has 8 nitrogen and oxygen atoms in total. The molecule has 24 heavy (non-hydrogen) atoms. The normalized spacial score (nSPS) is 24.4. The number of amides is 2. The number of nitrogens with zero attached hydrogens (tertiary/aromatic N) is 6. The summed E-state index contributed by atoms with van der Waals surface area (Å²) in [7, 11) is 0. The van der Waals surface area contributed by atoms with Crippen molar-refractivity contribution in [3.63, 3.8) is 0 Å². The molecule has 0 aromatic carbocycles. The van der Waals surface area contributed by atoms with Crippen LogP contribution in [0.2, 0.25) is 0 Å². The molecule has 2 saturated heterocycles. The van der Waals surface area contributed by atoms with Crippen molar-refractivity contribution in [2.45, 2.75) is 52.6 Å². The van der Waals surface area contributed by atoms with Gasteiger partial charge in [0.1, 0.15) is 12.4 Å². The molecular formula is C16H26N6O2. The molecule has 0 aliphatic carbocycles. The average Bonchev–Trinajstić information content (AvgIpc) is 2.94. The van der Waals surface area contributed by atoms with Gasteiger partial charge in [-0.1, -0.05) is 13.8 Å². The van der Waals surface area contributed by atoms with Crippen LogP contribution in [-0.4, -0.2) is 67.5 Å². The van der Waals surface area contributed by atoms with Crippen molar-refractivity contribution in [1.29, 1.82) is 0 Å². The van der Waals surface area contributed by atoms with Crippen LogP contribution in [0.4, 0.5) is 0 Å². The molecule has 0 saturated carbocycles. The summed E-state index contributed by atoms with van der Waals surface area (Å²) in [5.74, 6) is 1.82. The first-order valence-electron chi connectivity index (χ1n) is 8.75. The second-order valence-electron chi connectivity index (χ2n) is 7.32. The number of rotatable bonds is 4. The van der Waals surface area contributed by atoms with E-state index in [-0.39, 0.29) is 24.4 Å². The number of aryl methyl sites for hydroxylation is 1. The summed E-state index contributed by atoms with van der Waals surface area (Å²) >= 11 is 0. The molecular weight excluding hydrogens is 308 g/mol. The Kier molecular flexibility index (Phi) is 4.82. The lowest BCUT2D eigenvalue weighted by molar-refractivity contribution is -0.145. The van der Waals surface area contributed by atoms with E-state index < -0.39 is 0 Å². The maximum Gasteiger partial charge on any atom is 0.244 e. The zero-order valence-corrected chi connectivity index (χ0v) is 14.7. The van der Waals surface area contributed by atoms with Crippen molar-refractivity contribution < 1.29 is 9.59 Å². The van der Waals surface area contributed by atoms with Crippen LogP contribution in [0.15, 0.2) is 0 Å². The van der Waals surface area contributed by atoms with Crippen molar-refractivity contribution in [2.24, 2.45) is 11.8 Å². The van der Waals surface area contributed by atoms with Crippen LogP contribution in [0.3, 0.4) is 0 Å². The largest absolute Gasteiger partial charge is 0.341 e. The number of hydrogen-bond donors (Lipinski definition) is 0. The molecule has 1 aromatic rings. The highest BCUT2D eigenvalue weighted by atomic mass is 16.2. The van der Waals surface area contributed by atoms with Crippen LogP contribution < -0.4 is 0 Å². The van der Waals surface area contributed by atoms with Gasteiger partial charge in [-0.3, -0.25) is 9.59 Å². The van der Waals surface area contributed by atoms with Gasteiger partial charge in [0.2, 0.25) is 11.8 Å². The van der Waals surface area contributed by atoms with E-state index in [1.54, 1.807) is 6.92 Å². The van der Waals surface area contributed by atoms with Crippen LogP contribution in [0.1, 0.15) is 38.9 Å². The van der Waals surface area contributed by atoms with Crippen LogP contribution in [0.25, 0.3) is 0 Å². The number of carbonyl (C=O) groups is 2. The molecule has 8 heteroatoms. The Labute approximate surface area is 142 Å². The molecule has 0 unspecified atom stereocenters. The van der Waals surface area contributed by atoms with E-state index >= 15 is 0 Å². The van der Waals surface area contributed by atoms with E-state index in [1.165, 1.54) is 4.68 Å². The SMILES string of the molecule is Cc1nnnn1CC(=O)N1CC[C@@H]2[C@@H](CCC(=O)N2CC(C)C)C1. The molecule has 2 amide bonds. The van der Waals surface area contributed by atoms with Gasteiger partial charge >= 0.3 is 0 Å². The van der Waals surface area contributed by atoms with E-state index in [0.717, 1.165) is 25.9 Å². The summed E-state index contributed by atoms with van der Waals surface area (Å²) in [6, 6.07) is 0.285. The van der Waals surface area contributed by atoms with Crippen molar-refractivity contribution in [3.8, 4) is 0 Å². The number of carbonyl (C=O) groups excluding carboxylic acids is 2. The van der Waals surface area contributed by atoms with E-state index in [1.807, 2.05) is 4.90 Å². The predicted molar refractivity (Wildman–Crippen MR) is 86.8 cm³/mol. The van der Waals surface area contributed by atoms with Gasteiger partial charge in [-0.25, -0.2) is 4.68 Å². The number of hydrogen-bond acceptors (Lipinski definition) is 5. The second kappa shape index (κ2) is 6.86. The summed E-state index contributed by atoms with van der Waals surface area (Å²) in [5, 5.41) is 11.2. The second-order valence-corrected chi connectivity index (χ2v) is 7.32. The Bertz CT molecular complexity index is 613. The average molecular weight is 334 g/mol. The summed E-state index contributed by atoms with van der Waals surface area (Å²) in [6.07, 6.45) is 2.34. The monoisotopic (exact) mass is 334 g/mol.